The maximum Gasteiger partial charge on any atom is 0.143 e. The molecule has 0 radical (unpaired) electrons. The standard InChI is InChI=1S/C16H19BrN4/c17-15-9-18-12-19-16(15)20-14-7-4-8-21(11-14)10-13-5-2-1-3-6-13/h1-3,5-6,9,12,14H,4,7-8,10-11H2,(H,18,19,20). The molecule has 0 spiro atoms. The molecular formula is C16H19BrN4. The van der Waals surface area contributed by atoms with Crippen molar-refractivity contribution in [2.24, 2.45) is 0 Å². The van der Waals surface area contributed by atoms with Crippen LogP contribution in [0.1, 0.15) is 18.4 Å². The fraction of sp³-hybridized carbons (Fsp3) is 0.375. The maximum absolute atomic E-state index is 4.29. The van der Waals surface area contributed by atoms with Gasteiger partial charge in [-0.3, -0.25) is 4.90 Å². The van der Waals surface area contributed by atoms with Gasteiger partial charge in [-0.05, 0) is 40.9 Å². The van der Waals surface area contributed by atoms with Gasteiger partial charge in [0.1, 0.15) is 12.1 Å². The number of halogens is 1. The summed E-state index contributed by atoms with van der Waals surface area (Å²) in [5.41, 5.74) is 1.38. The largest absolute Gasteiger partial charge is 0.365 e. The van der Waals surface area contributed by atoms with Crippen LogP contribution < -0.4 is 5.32 Å². The zero-order valence-corrected chi connectivity index (χ0v) is 13.5. The molecule has 1 aliphatic heterocycles. The summed E-state index contributed by atoms with van der Waals surface area (Å²) in [7, 11) is 0. The van der Waals surface area contributed by atoms with Crippen LogP contribution in [0.25, 0.3) is 0 Å². The number of piperidine rings is 1. The van der Waals surface area contributed by atoms with Crippen molar-refractivity contribution < 1.29 is 0 Å². The summed E-state index contributed by atoms with van der Waals surface area (Å²) in [6.07, 6.45) is 5.76. The van der Waals surface area contributed by atoms with Gasteiger partial charge in [0.2, 0.25) is 0 Å². The molecule has 0 bridgehead atoms. The van der Waals surface area contributed by atoms with Crippen LogP contribution in [0.5, 0.6) is 0 Å². The molecule has 5 heteroatoms. The molecule has 4 nitrogen and oxygen atoms in total. The Labute approximate surface area is 133 Å². The first-order chi connectivity index (χ1) is 10.3. The zero-order valence-electron chi connectivity index (χ0n) is 11.9. The van der Waals surface area contributed by atoms with E-state index in [9.17, 15) is 0 Å². The van der Waals surface area contributed by atoms with Gasteiger partial charge in [-0.15, -0.1) is 0 Å². The van der Waals surface area contributed by atoms with Gasteiger partial charge in [0.15, 0.2) is 0 Å². The highest BCUT2D eigenvalue weighted by Gasteiger charge is 2.20. The SMILES string of the molecule is Brc1cncnc1NC1CCCN(Cc2ccccc2)C1. The number of aromatic nitrogens is 2. The van der Waals surface area contributed by atoms with Gasteiger partial charge in [0.05, 0.1) is 4.47 Å². The third-order valence-corrected chi connectivity index (χ3v) is 4.34. The van der Waals surface area contributed by atoms with E-state index in [2.05, 4.69) is 66.4 Å². The van der Waals surface area contributed by atoms with Crippen LogP contribution in [-0.2, 0) is 6.54 Å². The highest BCUT2D eigenvalue weighted by Crippen LogP contribution is 2.21. The molecule has 1 aromatic heterocycles. The molecule has 1 aromatic carbocycles. The molecule has 1 atom stereocenters. The van der Waals surface area contributed by atoms with Crippen LogP contribution in [0.2, 0.25) is 0 Å². The number of rotatable bonds is 4. The highest BCUT2D eigenvalue weighted by molar-refractivity contribution is 9.10. The summed E-state index contributed by atoms with van der Waals surface area (Å²) in [5.74, 6) is 0.886. The van der Waals surface area contributed by atoms with Crippen LogP contribution in [0.3, 0.4) is 0 Å². The summed E-state index contributed by atoms with van der Waals surface area (Å²) in [6, 6.07) is 11.1. The normalized spacial score (nSPS) is 19.4. The fourth-order valence-corrected chi connectivity index (χ4v) is 3.11. The second-order valence-electron chi connectivity index (χ2n) is 5.42. The lowest BCUT2D eigenvalue weighted by Gasteiger charge is -2.33. The molecule has 1 N–H and O–H groups in total. The summed E-state index contributed by atoms with van der Waals surface area (Å²) in [5, 5.41) is 3.53. The molecule has 1 unspecified atom stereocenters. The van der Waals surface area contributed by atoms with Crippen molar-refractivity contribution in [3.8, 4) is 0 Å². The average molecular weight is 347 g/mol. The minimum atomic E-state index is 0.439. The van der Waals surface area contributed by atoms with E-state index in [1.165, 1.54) is 18.4 Å². The van der Waals surface area contributed by atoms with E-state index in [1.54, 1.807) is 12.5 Å². The monoisotopic (exact) mass is 346 g/mol. The van der Waals surface area contributed by atoms with Gasteiger partial charge in [0, 0.05) is 25.3 Å². The molecule has 3 rings (SSSR count). The van der Waals surface area contributed by atoms with E-state index in [-0.39, 0.29) is 0 Å². The van der Waals surface area contributed by atoms with E-state index in [0.29, 0.717) is 6.04 Å². The van der Waals surface area contributed by atoms with Crippen molar-refractivity contribution in [2.75, 3.05) is 18.4 Å². The van der Waals surface area contributed by atoms with Gasteiger partial charge < -0.3 is 5.32 Å². The second kappa shape index (κ2) is 7.00. The third kappa shape index (κ3) is 4.02. The van der Waals surface area contributed by atoms with Crippen LogP contribution in [0, 0.1) is 0 Å². The molecular weight excluding hydrogens is 328 g/mol. The highest BCUT2D eigenvalue weighted by atomic mass is 79.9. The second-order valence-corrected chi connectivity index (χ2v) is 6.28. The summed E-state index contributed by atoms with van der Waals surface area (Å²) < 4.78 is 0.921. The Morgan fingerprint density at radius 2 is 2.14 bits per heavy atom. The minimum Gasteiger partial charge on any atom is -0.365 e. The number of nitrogens with one attached hydrogen (secondary N) is 1. The van der Waals surface area contributed by atoms with Crippen molar-refractivity contribution >= 4 is 21.7 Å². The van der Waals surface area contributed by atoms with E-state index < -0.39 is 0 Å². The average Bonchev–Trinajstić information content (AvgIpc) is 2.51. The lowest BCUT2D eigenvalue weighted by molar-refractivity contribution is 0.208. The quantitative estimate of drug-likeness (QED) is 0.921. The topological polar surface area (TPSA) is 41.1 Å². The van der Waals surface area contributed by atoms with Gasteiger partial charge in [-0.1, -0.05) is 30.3 Å². The molecule has 0 saturated carbocycles. The first-order valence-electron chi connectivity index (χ1n) is 7.29. The van der Waals surface area contributed by atoms with Crippen LogP contribution in [0.15, 0.2) is 47.3 Å². The maximum atomic E-state index is 4.29. The number of nitrogens with zero attached hydrogens (tertiary/aromatic N) is 3. The lowest BCUT2D eigenvalue weighted by atomic mass is 10.0. The van der Waals surface area contributed by atoms with E-state index >= 15 is 0 Å². The number of hydrogen-bond acceptors (Lipinski definition) is 4. The first-order valence-corrected chi connectivity index (χ1v) is 8.09. The van der Waals surface area contributed by atoms with E-state index in [1.807, 2.05) is 0 Å². The van der Waals surface area contributed by atoms with Crippen molar-refractivity contribution in [1.29, 1.82) is 0 Å². The number of anilines is 1. The predicted octanol–water partition coefficient (Wildman–Crippen LogP) is 3.32. The van der Waals surface area contributed by atoms with Gasteiger partial charge in [-0.25, -0.2) is 9.97 Å². The molecule has 0 aliphatic carbocycles. The fourth-order valence-electron chi connectivity index (χ4n) is 2.77. The van der Waals surface area contributed by atoms with Crippen molar-refractivity contribution in [1.82, 2.24) is 14.9 Å². The number of benzene rings is 1. The van der Waals surface area contributed by atoms with E-state index in [4.69, 9.17) is 0 Å². The van der Waals surface area contributed by atoms with Gasteiger partial charge in [0.25, 0.3) is 0 Å². The summed E-state index contributed by atoms with van der Waals surface area (Å²) in [6.45, 7) is 3.23. The van der Waals surface area contributed by atoms with Crippen molar-refractivity contribution in [2.45, 2.75) is 25.4 Å². The zero-order chi connectivity index (χ0) is 14.5. The molecule has 1 aliphatic rings. The van der Waals surface area contributed by atoms with Gasteiger partial charge in [-0.2, -0.15) is 0 Å². The first kappa shape index (κ1) is 14.5. The Morgan fingerprint density at radius 3 is 2.95 bits per heavy atom. The van der Waals surface area contributed by atoms with E-state index in [0.717, 1.165) is 29.9 Å². The van der Waals surface area contributed by atoms with Crippen molar-refractivity contribution in [3.63, 3.8) is 0 Å². The minimum absolute atomic E-state index is 0.439. The Balaban J connectivity index is 1.60. The van der Waals surface area contributed by atoms with Crippen LogP contribution >= 0.6 is 15.9 Å². The van der Waals surface area contributed by atoms with Crippen LogP contribution in [-0.4, -0.2) is 34.0 Å². The Hall–Kier alpha value is -1.46. The number of likely N-dealkylation sites (tertiary alicyclic amines) is 1. The predicted molar refractivity (Wildman–Crippen MR) is 88.1 cm³/mol. The lowest BCUT2D eigenvalue weighted by Crippen LogP contribution is -2.41. The third-order valence-electron chi connectivity index (χ3n) is 3.76. The molecule has 1 fully saturated rings. The Kier molecular flexibility index (Phi) is 4.83. The molecule has 0 amide bonds. The Morgan fingerprint density at radius 1 is 1.29 bits per heavy atom. The smallest absolute Gasteiger partial charge is 0.143 e. The molecule has 2 aromatic rings. The van der Waals surface area contributed by atoms with Crippen molar-refractivity contribution in [3.05, 3.63) is 52.9 Å². The summed E-state index contributed by atoms with van der Waals surface area (Å²) >= 11 is 3.49. The van der Waals surface area contributed by atoms with Gasteiger partial charge >= 0.3 is 0 Å². The van der Waals surface area contributed by atoms with Crippen LogP contribution in [0.4, 0.5) is 5.82 Å². The Bertz CT molecular complexity index is 575. The molecule has 110 valence electrons. The summed E-state index contributed by atoms with van der Waals surface area (Å²) in [4.78, 5) is 10.8. The molecule has 2 heterocycles. The molecule has 1 saturated heterocycles. The molecule has 21 heavy (non-hydrogen) atoms. The number of hydrogen-bond donors (Lipinski definition) is 1.